The van der Waals surface area contributed by atoms with Gasteiger partial charge in [-0.3, -0.25) is 4.79 Å². The Morgan fingerprint density at radius 3 is 2.67 bits per heavy atom. The first kappa shape index (κ1) is 8.85. The summed E-state index contributed by atoms with van der Waals surface area (Å²) >= 11 is 9.60. The Morgan fingerprint density at radius 2 is 2.33 bits per heavy atom. The van der Waals surface area contributed by atoms with Crippen molar-refractivity contribution in [1.82, 2.24) is 0 Å². The predicted molar refractivity (Wildman–Crippen MR) is 39.7 cm³/mol. The summed E-state index contributed by atoms with van der Waals surface area (Å²) in [5.74, 6) is 0. The normalized spacial score (nSPS) is 8.67. The fraction of sp³-hybridized carbons (Fsp3) is 0.600. The Labute approximate surface area is 64.1 Å². The lowest BCUT2D eigenvalue weighted by Crippen LogP contribution is -2.06. The van der Waals surface area contributed by atoms with Gasteiger partial charge in [-0.2, -0.15) is 0 Å². The summed E-state index contributed by atoms with van der Waals surface area (Å²) < 4.78 is 4.70. The second kappa shape index (κ2) is 4.70. The zero-order valence-corrected chi connectivity index (χ0v) is 6.59. The number of thiocarbonyl (C=S) groups is 1. The highest BCUT2D eigenvalue weighted by molar-refractivity contribution is 7.80. The first-order valence-corrected chi connectivity index (χ1v) is 3.29. The Hall–Kier alpha value is -0.150. The van der Waals surface area contributed by atoms with Gasteiger partial charge in [-0.25, -0.2) is 0 Å². The van der Waals surface area contributed by atoms with Gasteiger partial charge in [0, 0.05) is 6.42 Å². The highest BCUT2D eigenvalue weighted by atomic mass is 35.5. The molecule has 0 bridgehead atoms. The predicted octanol–water partition coefficient (Wildman–Crippen LogP) is 1.51. The van der Waals surface area contributed by atoms with E-state index in [0.29, 0.717) is 11.5 Å². The molecule has 0 aliphatic carbocycles. The monoisotopic (exact) mass is 166 g/mol. The van der Waals surface area contributed by atoms with E-state index >= 15 is 0 Å². The molecular formula is C5H7ClO2S. The number of ether oxygens (including phenoxy) is 1. The average Bonchev–Trinajstić information content (AvgIpc) is 1.83. The number of carbonyl (C=O) groups is 1. The van der Waals surface area contributed by atoms with Gasteiger partial charge in [-0.15, -0.1) is 0 Å². The minimum absolute atomic E-state index is 0.117. The van der Waals surface area contributed by atoms with E-state index in [2.05, 4.69) is 12.2 Å². The number of carbonyl (C=O) groups excluding carboxylic acids is 1. The maximum absolute atomic E-state index is 10.0. The number of halogens is 1. The minimum atomic E-state index is -0.522. The van der Waals surface area contributed by atoms with Gasteiger partial charge in [-0.1, -0.05) is 6.92 Å². The lowest BCUT2D eigenvalue weighted by molar-refractivity contribution is -0.113. The van der Waals surface area contributed by atoms with Crippen molar-refractivity contribution in [1.29, 1.82) is 0 Å². The third-order valence-electron chi connectivity index (χ3n) is 0.635. The molecule has 0 rings (SSSR count). The molecule has 0 amide bonds. The van der Waals surface area contributed by atoms with E-state index in [1.165, 1.54) is 0 Å². The summed E-state index contributed by atoms with van der Waals surface area (Å²) in [5, 5.41) is -0.102. The molecule has 0 aliphatic heterocycles. The van der Waals surface area contributed by atoms with Crippen LogP contribution in [-0.2, 0) is 9.53 Å². The van der Waals surface area contributed by atoms with E-state index in [9.17, 15) is 4.79 Å². The first-order chi connectivity index (χ1) is 4.16. The van der Waals surface area contributed by atoms with E-state index in [4.69, 9.17) is 16.3 Å². The van der Waals surface area contributed by atoms with Crippen LogP contribution in [0.5, 0.6) is 0 Å². The smallest absolute Gasteiger partial charge is 0.259 e. The van der Waals surface area contributed by atoms with Crippen LogP contribution in [-0.4, -0.2) is 16.9 Å². The van der Waals surface area contributed by atoms with Crippen molar-refractivity contribution in [2.75, 3.05) is 6.61 Å². The van der Waals surface area contributed by atoms with Crippen LogP contribution in [0.2, 0.25) is 0 Å². The van der Waals surface area contributed by atoms with Gasteiger partial charge in [-0.05, 0) is 23.8 Å². The van der Waals surface area contributed by atoms with Crippen LogP contribution in [0, 0.1) is 0 Å². The van der Waals surface area contributed by atoms with Crippen LogP contribution in [0.25, 0.3) is 0 Å². The summed E-state index contributed by atoms with van der Waals surface area (Å²) in [6.45, 7) is 1.73. The topological polar surface area (TPSA) is 26.3 Å². The van der Waals surface area contributed by atoms with Crippen LogP contribution < -0.4 is 0 Å². The third-order valence-corrected chi connectivity index (χ3v) is 1.15. The maximum Gasteiger partial charge on any atom is 0.259 e. The fourth-order valence-corrected chi connectivity index (χ4v) is 0.353. The fourth-order valence-electron chi connectivity index (χ4n) is 0.239. The molecule has 0 saturated heterocycles. The molecule has 0 N–H and O–H groups in total. The second-order valence-corrected chi connectivity index (χ2v) is 2.25. The van der Waals surface area contributed by atoms with Gasteiger partial charge in [0.2, 0.25) is 0 Å². The molecule has 0 radical (unpaired) electrons. The van der Waals surface area contributed by atoms with Gasteiger partial charge in [0.05, 0.1) is 0 Å². The molecule has 0 saturated carbocycles. The van der Waals surface area contributed by atoms with Crippen molar-refractivity contribution in [3.63, 3.8) is 0 Å². The molecule has 52 valence electrons. The van der Waals surface area contributed by atoms with Crippen molar-refractivity contribution < 1.29 is 9.53 Å². The number of hydrogen-bond acceptors (Lipinski definition) is 3. The molecule has 2 nitrogen and oxygen atoms in total. The summed E-state index contributed by atoms with van der Waals surface area (Å²) in [7, 11) is 0. The molecular weight excluding hydrogens is 160 g/mol. The molecule has 0 unspecified atom stereocenters. The Balaban J connectivity index is 3.28. The van der Waals surface area contributed by atoms with Crippen molar-refractivity contribution >= 4 is 34.1 Å². The Bertz CT molecular complexity index is 124. The van der Waals surface area contributed by atoms with Crippen LogP contribution in [0.4, 0.5) is 0 Å². The lowest BCUT2D eigenvalue weighted by Gasteiger charge is -1.99. The summed E-state index contributed by atoms with van der Waals surface area (Å²) in [5.41, 5.74) is 0. The van der Waals surface area contributed by atoms with Crippen molar-refractivity contribution in [2.24, 2.45) is 0 Å². The Kier molecular flexibility index (Phi) is 4.62. The van der Waals surface area contributed by atoms with E-state index < -0.39 is 5.24 Å². The average molecular weight is 167 g/mol. The van der Waals surface area contributed by atoms with E-state index in [1.54, 1.807) is 0 Å². The van der Waals surface area contributed by atoms with Crippen molar-refractivity contribution in [3.8, 4) is 0 Å². The van der Waals surface area contributed by atoms with Crippen molar-refractivity contribution in [3.05, 3.63) is 0 Å². The summed E-state index contributed by atoms with van der Waals surface area (Å²) in [6, 6.07) is 0. The van der Waals surface area contributed by atoms with E-state index in [-0.39, 0.29) is 6.61 Å². The SMILES string of the molecule is CCC(=S)OCC(=O)Cl. The molecule has 0 aliphatic rings. The first-order valence-electron chi connectivity index (χ1n) is 2.50. The zero-order valence-electron chi connectivity index (χ0n) is 5.02. The van der Waals surface area contributed by atoms with Crippen LogP contribution in [0.15, 0.2) is 0 Å². The quantitative estimate of drug-likeness (QED) is 0.470. The molecule has 0 heterocycles. The molecule has 9 heavy (non-hydrogen) atoms. The Morgan fingerprint density at radius 1 is 1.78 bits per heavy atom. The van der Waals surface area contributed by atoms with Gasteiger partial charge in [0.1, 0.15) is 0 Å². The van der Waals surface area contributed by atoms with Gasteiger partial charge in [0.25, 0.3) is 5.24 Å². The highest BCUT2D eigenvalue weighted by Gasteiger charge is 1.97. The maximum atomic E-state index is 10.0. The minimum Gasteiger partial charge on any atom is -0.478 e. The van der Waals surface area contributed by atoms with Crippen molar-refractivity contribution in [2.45, 2.75) is 13.3 Å². The van der Waals surface area contributed by atoms with Gasteiger partial charge < -0.3 is 4.74 Å². The third kappa shape index (κ3) is 5.73. The molecule has 0 atom stereocenters. The number of hydrogen-bond donors (Lipinski definition) is 0. The standard InChI is InChI=1S/C5H7ClO2S/c1-2-5(9)8-3-4(6)7/h2-3H2,1H3. The van der Waals surface area contributed by atoms with E-state index in [0.717, 1.165) is 0 Å². The summed E-state index contributed by atoms with van der Waals surface area (Å²) in [6.07, 6.45) is 0.638. The molecule has 4 heteroatoms. The zero-order chi connectivity index (χ0) is 7.28. The largest absolute Gasteiger partial charge is 0.478 e. The highest BCUT2D eigenvalue weighted by Crippen LogP contribution is 1.89. The van der Waals surface area contributed by atoms with Crippen LogP contribution in [0.1, 0.15) is 13.3 Å². The van der Waals surface area contributed by atoms with Gasteiger partial charge in [0.15, 0.2) is 11.7 Å². The number of rotatable bonds is 3. The molecule has 0 aromatic carbocycles. The van der Waals surface area contributed by atoms with Crippen LogP contribution >= 0.6 is 23.8 Å². The molecule has 0 spiro atoms. The van der Waals surface area contributed by atoms with Crippen LogP contribution in [0.3, 0.4) is 0 Å². The second-order valence-electron chi connectivity index (χ2n) is 1.37. The molecule has 0 fully saturated rings. The van der Waals surface area contributed by atoms with Gasteiger partial charge >= 0.3 is 0 Å². The summed E-state index contributed by atoms with van der Waals surface area (Å²) in [4.78, 5) is 10.0. The molecule has 0 aromatic rings. The molecule has 0 aromatic heterocycles. The van der Waals surface area contributed by atoms with E-state index in [1.807, 2.05) is 6.92 Å². The lowest BCUT2D eigenvalue weighted by atomic mass is 10.5.